The predicted molar refractivity (Wildman–Crippen MR) is 50.7 cm³/mol. The summed E-state index contributed by atoms with van der Waals surface area (Å²) in [6, 6.07) is 0.260. The summed E-state index contributed by atoms with van der Waals surface area (Å²) in [5.41, 5.74) is 0. The van der Waals surface area contributed by atoms with E-state index in [0.29, 0.717) is 0 Å². The maximum atomic E-state index is 11.2. The molecule has 76 valence electrons. The lowest BCUT2D eigenvalue weighted by molar-refractivity contribution is 0.112. The minimum Gasteiger partial charge on any atom is -0.447 e. The first-order chi connectivity index (χ1) is 6.08. The Labute approximate surface area is 79.2 Å². The van der Waals surface area contributed by atoms with Crippen LogP contribution >= 0.6 is 0 Å². The molecule has 0 saturated carbocycles. The van der Waals surface area contributed by atoms with Crippen LogP contribution in [0.4, 0.5) is 4.79 Å². The highest BCUT2D eigenvalue weighted by Crippen LogP contribution is 2.06. The van der Waals surface area contributed by atoms with Crippen LogP contribution < -0.4 is 5.32 Å². The molecule has 1 unspecified atom stereocenters. The van der Waals surface area contributed by atoms with E-state index in [1.807, 2.05) is 13.8 Å². The average molecular weight is 186 g/mol. The first-order valence-corrected chi connectivity index (χ1v) is 4.73. The van der Waals surface area contributed by atoms with Crippen molar-refractivity contribution < 1.29 is 9.53 Å². The number of likely N-dealkylation sites (tertiary alicyclic amines) is 1. The molecule has 1 saturated heterocycles. The molecule has 4 nitrogen and oxygen atoms in total. The zero-order chi connectivity index (χ0) is 9.84. The highest BCUT2D eigenvalue weighted by molar-refractivity contribution is 5.67. The van der Waals surface area contributed by atoms with Crippen LogP contribution in [0.25, 0.3) is 0 Å². The highest BCUT2D eigenvalue weighted by Gasteiger charge is 2.21. The number of hydrogen-bond acceptors (Lipinski definition) is 3. The number of ether oxygens (including phenoxy) is 1. The van der Waals surface area contributed by atoms with Crippen LogP contribution in [0.5, 0.6) is 0 Å². The van der Waals surface area contributed by atoms with Crippen LogP contribution in [0.3, 0.4) is 0 Å². The van der Waals surface area contributed by atoms with Crippen LogP contribution in [0.15, 0.2) is 0 Å². The zero-order valence-electron chi connectivity index (χ0n) is 8.54. The van der Waals surface area contributed by atoms with Gasteiger partial charge in [-0.25, -0.2) is 4.79 Å². The molecule has 0 radical (unpaired) electrons. The monoisotopic (exact) mass is 186 g/mol. The Balaban J connectivity index is 2.21. The SMILES string of the molecule is CC(C)OC(=O)NC1CCN(C)C1. The van der Waals surface area contributed by atoms with Crippen molar-refractivity contribution in [1.29, 1.82) is 0 Å². The first-order valence-electron chi connectivity index (χ1n) is 4.73. The molecule has 1 aliphatic rings. The van der Waals surface area contributed by atoms with Crippen LogP contribution in [0.2, 0.25) is 0 Å². The molecule has 1 N–H and O–H groups in total. The van der Waals surface area contributed by atoms with Crippen molar-refractivity contribution in [3.8, 4) is 0 Å². The number of hydrogen-bond donors (Lipinski definition) is 1. The van der Waals surface area contributed by atoms with Gasteiger partial charge in [0.25, 0.3) is 0 Å². The lowest BCUT2D eigenvalue weighted by atomic mass is 10.3. The standard InChI is InChI=1S/C9H18N2O2/c1-7(2)13-9(12)10-8-4-5-11(3)6-8/h7-8H,4-6H2,1-3H3,(H,10,12). The number of likely N-dealkylation sites (N-methyl/N-ethyl adjacent to an activating group) is 1. The van der Waals surface area contributed by atoms with E-state index in [4.69, 9.17) is 4.74 Å². The van der Waals surface area contributed by atoms with E-state index in [9.17, 15) is 4.79 Å². The Kier molecular flexibility index (Phi) is 3.54. The second-order valence-corrected chi connectivity index (χ2v) is 3.85. The van der Waals surface area contributed by atoms with Gasteiger partial charge in [0.2, 0.25) is 0 Å². The Morgan fingerprint density at radius 3 is 2.77 bits per heavy atom. The van der Waals surface area contributed by atoms with Crippen molar-refractivity contribution in [3.05, 3.63) is 0 Å². The topological polar surface area (TPSA) is 41.6 Å². The van der Waals surface area contributed by atoms with E-state index in [0.717, 1.165) is 19.5 Å². The fourth-order valence-corrected chi connectivity index (χ4v) is 1.47. The van der Waals surface area contributed by atoms with E-state index in [-0.39, 0.29) is 18.2 Å². The molecule has 0 aliphatic carbocycles. The largest absolute Gasteiger partial charge is 0.447 e. The van der Waals surface area contributed by atoms with Gasteiger partial charge in [0.1, 0.15) is 0 Å². The number of carbonyl (C=O) groups is 1. The summed E-state index contributed by atoms with van der Waals surface area (Å²) in [5.74, 6) is 0. The van der Waals surface area contributed by atoms with Crippen molar-refractivity contribution >= 4 is 6.09 Å². The van der Waals surface area contributed by atoms with E-state index < -0.39 is 0 Å². The molecule has 1 amide bonds. The third kappa shape index (κ3) is 3.63. The molecule has 1 rings (SSSR count). The molecule has 0 spiro atoms. The third-order valence-electron chi connectivity index (χ3n) is 2.06. The normalized spacial score (nSPS) is 23.5. The van der Waals surface area contributed by atoms with Gasteiger partial charge >= 0.3 is 6.09 Å². The van der Waals surface area contributed by atoms with Gasteiger partial charge in [-0.15, -0.1) is 0 Å². The summed E-state index contributed by atoms with van der Waals surface area (Å²) in [5, 5.41) is 2.84. The molecule has 1 atom stereocenters. The molecular weight excluding hydrogens is 168 g/mol. The summed E-state index contributed by atoms with van der Waals surface area (Å²) in [7, 11) is 2.05. The van der Waals surface area contributed by atoms with Crippen LogP contribution in [0, 0.1) is 0 Å². The lowest BCUT2D eigenvalue weighted by Crippen LogP contribution is -2.37. The molecule has 0 bridgehead atoms. The Hall–Kier alpha value is -0.770. The molecular formula is C9H18N2O2. The van der Waals surface area contributed by atoms with Gasteiger partial charge in [-0.2, -0.15) is 0 Å². The molecule has 0 aromatic carbocycles. The van der Waals surface area contributed by atoms with Crippen LogP contribution in [-0.4, -0.2) is 43.3 Å². The average Bonchev–Trinajstić information content (AvgIpc) is 2.33. The van der Waals surface area contributed by atoms with Crippen molar-refractivity contribution in [2.45, 2.75) is 32.4 Å². The summed E-state index contributed by atoms with van der Waals surface area (Å²) >= 11 is 0. The van der Waals surface area contributed by atoms with Gasteiger partial charge in [0.05, 0.1) is 6.10 Å². The molecule has 0 aromatic rings. The molecule has 1 heterocycles. The highest BCUT2D eigenvalue weighted by atomic mass is 16.6. The minimum atomic E-state index is -0.296. The van der Waals surface area contributed by atoms with Gasteiger partial charge in [0.15, 0.2) is 0 Å². The van der Waals surface area contributed by atoms with Crippen LogP contribution in [-0.2, 0) is 4.74 Å². The van der Waals surface area contributed by atoms with Gasteiger partial charge in [-0.1, -0.05) is 0 Å². The van der Waals surface area contributed by atoms with Gasteiger partial charge in [-0.3, -0.25) is 0 Å². The maximum absolute atomic E-state index is 11.2. The summed E-state index contributed by atoms with van der Waals surface area (Å²) in [6.07, 6.45) is 0.679. The molecule has 0 aromatic heterocycles. The van der Waals surface area contributed by atoms with Crippen LogP contribution in [0.1, 0.15) is 20.3 Å². The Morgan fingerprint density at radius 2 is 2.31 bits per heavy atom. The van der Waals surface area contributed by atoms with Gasteiger partial charge in [-0.05, 0) is 33.9 Å². The van der Waals surface area contributed by atoms with E-state index in [2.05, 4.69) is 17.3 Å². The Morgan fingerprint density at radius 1 is 1.62 bits per heavy atom. The first kappa shape index (κ1) is 10.3. The van der Waals surface area contributed by atoms with Gasteiger partial charge < -0.3 is 15.0 Å². The van der Waals surface area contributed by atoms with Crippen molar-refractivity contribution in [3.63, 3.8) is 0 Å². The molecule has 4 heteroatoms. The Bertz CT molecular complexity index is 182. The zero-order valence-corrected chi connectivity index (χ0v) is 8.54. The second-order valence-electron chi connectivity index (χ2n) is 3.85. The second kappa shape index (κ2) is 4.46. The minimum absolute atomic E-state index is 0.0425. The number of nitrogens with zero attached hydrogens (tertiary/aromatic N) is 1. The quantitative estimate of drug-likeness (QED) is 0.694. The summed E-state index contributed by atoms with van der Waals surface area (Å²) in [6.45, 7) is 5.67. The number of nitrogens with one attached hydrogen (secondary N) is 1. The third-order valence-corrected chi connectivity index (χ3v) is 2.06. The fraction of sp³-hybridized carbons (Fsp3) is 0.889. The van der Waals surface area contributed by atoms with Crippen molar-refractivity contribution in [2.24, 2.45) is 0 Å². The molecule has 1 aliphatic heterocycles. The molecule has 13 heavy (non-hydrogen) atoms. The number of rotatable bonds is 2. The van der Waals surface area contributed by atoms with Crippen molar-refractivity contribution in [2.75, 3.05) is 20.1 Å². The number of alkyl carbamates (subject to hydrolysis) is 1. The lowest BCUT2D eigenvalue weighted by Gasteiger charge is -2.14. The summed E-state index contributed by atoms with van der Waals surface area (Å²) in [4.78, 5) is 13.4. The smallest absolute Gasteiger partial charge is 0.407 e. The number of carbonyl (C=O) groups excluding carboxylic acids is 1. The van der Waals surface area contributed by atoms with E-state index >= 15 is 0 Å². The van der Waals surface area contributed by atoms with E-state index in [1.165, 1.54) is 0 Å². The number of amides is 1. The molecule has 1 fully saturated rings. The van der Waals surface area contributed by atoms with Gasteiger partial charge in [0, 0.05) is 12.6 Å². The predicted octanol–water partition coefficient (Wildman–Crippen LogP) is 0.825. The van der Waals surface area contributed by atoms with E-state index in [1.54, 1.807) is 0 Å². The maximum Gasteiger partial charge on any atom is 0.407 e. The fourth-order valence-electron chi connectivity index (χ4n) is 1.47. The van der Waals surface area contributed by atoms with Crippen molar-refractivity contribution in [1.82, 2.24) is 10.2 Å². The summed E-state index contributed by atoms with van der Waals surface area (Å²) < 4.78 is 4.98.